The smallest absolute Gasteiger partial charge is 0.258 e. The van der Waals surface area contributed by atoms with Crippen LogP contribution in [0.15, 0.2) is 144 Å². The zero-order valence-electron chi connectivity index (χ0n) is 24.0. The first-order valence-electron chi connectivity index (χ1n) is 14.8. The summed E-state index contributed by atoms with van der Waals surface area (Å²) in [7, 11) is 0. The Labute approximate surface area is 253 Å². The van der Waals surface area contributed by atoms with E-state index in [9.17, 15) is 0 Å². The zero-order valence-corrected chi connectivity index (χ0v) is 24.0. The lowest BCUT2D eigenvalue weighted by molar-refractivity contribution is 0.432. The molecule has 0 spiro atoms. The summed E-state index contributed by atoms with van der Waals surface area (Å²) in [4.78, 5) is 4.64. The highest BCUT2D eigenvalue weighted by atomic mass is 16.5. The van der Waals surface area contributed by atoms with E-state index in [-0.39, 0.29) is 0 Å². The average molecular weight is 567 g/mol. The average Bonchev–Trinajstić information content (AvgIpc) is 3.78. The lowest BCUT2D eigenvalue weighted by Gasteiger charge is -2.10. The molecular weight excluding hydrogens is 540 g/mol. The molecule has 5 nitrogen and oxygen atoms in total. The van der Waals surface area contributed by atoms with E-state index in [1.807, 2.05) is 42.5 Å². The Bertz CT molecular complexity index is 2500. The molecule has 0 saturated heterocycles. The van der Waals surface area contributed by atoms with E-state index in [2.05, 4.69) is 123 Å². The van der Waals surface area contributed by atoms with Crippen LogP contribution in [0, 0.1) is 6.92 Å². The van der Waals surface area contributed by atoms with E-state index in [4.69, 9.17) is 4.52 Å². The van der Waals surface area contributed by atoms with Crippen LogP contribution in [0.25, 0.3) is 77.8 Å². The van der Waals surface area contributed by atoms with Gasteiger partial charge < -0.3 is 13.7 Å². The highest BCUT2D eigenvalue weighted by Gasteiger charge is 2.17. The third-order valence-electron chi connectivity index (χ3n) is 8.57. The van der Waals surface area contributed by atoms with Gasteiger partial charge >= 0.3 is 0 Å². The van der Waals surface area contributed by atoms with Gasteiger partial charge in [0.25, 0.3) is 5.89 Å². The Hall–Kier alpha value is -5.94. The van der Waals surface area contributed by atoms with Gasteiger partial charge in [0.1, 0.15) is 0 Å². The van der Waals surface area contributed by atoms with Crippen molar-refractivity contribution in [2.75, 3.05) is 0 Å². The fourth-order valence-electron chi connectivity index (χ4n) is 6.54. The van der Waals surface area contributed by atoms with Gasteiger partial charge in [-0.2, -0.15) is 4.98 Å². The van der Waals surface area contributed by atoms with Crippen LogP contribution in [0.3, 0.4) is 0 Å². The summed E-state index contributed by atoms with van der Waals surface area (Å²) in [5.41, 5.74) is 10.0. The van der Waals surface area contributed by atoms with Crippen LogP contribution < -0.4 is 0 Å². The van der Waals surface area contributed by atoms with E-state index >= 15 is 0 Å². The summed E-state index contributed by atoms with van der Waals surface area (Å²) in [5, 5.41) is 9.17. The number of aromatic nitrogens is 4. The molecule has 44 heavy (non-hydrogen) atoms. The summed E-state index contributed by atoms with van der Waals surface area (Å²) in [6.07, 6.45) is 0. The minimum atomic E-state index is 0.503. The fourth-order valence-corrected chi connectivity index (χ4v) is 6.54. The molecule has 9 rings (SSSR count). The topological polar surface area (TPSA) is 48.8 Å². The number of para-hydroxylation sites is 2. The molecule has 0 N–H and O–H groups in total. The molecule has 5 heteroatoms. The molecular formula is C39H26N4O. The Morgan fingerprint density at radius 1 is 0.477 bits per heavy atom. The minimum Gasteiger partial charge on any atom is -0.334 e. The maximum absolute atomic E-state index is 5.62. The molecule has 3 aromatic heterocycles. The van der Waals surface area contributed by atoms with Gasteiger partial charge in [0.2, 0.25) is 5.82 Å². The summed E-state index contributed by atoms with van der Waals surface area (Å²) in [5.74, 6) is 1.09. The largest absolute Gasteiger partial charge is 0.334 e. The van der Waals surface area contributed by atoms with Crippen molar-refractivity contribution in [2.24, 2.45) is 0 Å². The van der Waals surface area contributed by atoms with Crippen LogP contribution in [0.1, 0.15) is 5.56 Å². The third-order valence-corrected chi connectivity index (χ3v) is 8.57. The maximum Gasteiger partial charge on any atom is 0.258 e. The Morgan fingerprint density at radius 2 is 1.05 bits per heavy atom. The molecule has 3 heterocycles. The molecule has 0 fully saturated rings. The van der Waals surface area contributed by atoms with Gasteiger partial charge in [-0.1, -0.05) is 83.5 Å². The lowest BCUT2D eigenvalue weighted by atomic mass is 10.1. The van der Waals surface area contributed by atoms with E-state index in [1.165, 1.54) is 38.1 Å². The number of hydrogen-bond donors (Lipinski definition) is 0. The number of aryl methyl sites for hydroxylation is 1. The second-order valence-corrected chi connectivity index (χ2v) is 11.3. The van der Waals surface area contributed by atoms with E-state index < -0.39 is 0 Å². The van der Waals surface area contributed by atoms with Crippen LogP contribution in [-0.4, -0.2) is 19.3 Å². The first-order valence-corrected chi connectivity index (χ1v) is 14.8. The molecule has 9 aromatic rings. The Kier molecular flexibility index (Phi) is 5.34. The SMILES string of the molecule is Cc1ccc2c(c1)c1ccccc1n2-c1ccc2c(c1)c1ccccc1n2-c1ccc(-c2nc(-c3ccccc3)no2)cc1. The first-order chi connectivity index (χ1) is 21.7. The van der Waals surface area contributed by atoms with Crippen molar-refractivity contribution in [1.82, 2.24) is 19.3 Å². The van der Waals surface area contributed by atoms with Gasteiger partial charge in [0.05, 0.1) is 22.1 Å². The van der Waals surface area contributed by atoms with Gasteiger partial charge in [0.15, 0.2) is 0 Å². The monoisotopic (exact) mass is 566 g/mol. The number of benzene rings is 6. The molecule has 0 unspecified atom stereocenters. The minimum absolute atomic E-state index is 0.503. The van der Waals surface area contributed by atoms with Crippen molar-refractivity contribution in [3.8, 4) is 34.2 Å². The normalized spacial score (nSPS) is 11.8. The van der Waals surface area contributed by atoms with Crippen LogP contribution in [0.2, 0.25) is 0 Å². The second-order valence-electron chi connectivity index (χ2n) is 11.3. The number of hydrogen-bond acceptors (Lipinski definition) is 3. The van der Waals surface area contributed by atoms with Crippen molar-refractivity contribution in [1.29, 1.82) is 0 Å². The van der Waals surface area contributed by atoms with Gasteiger partial charge in [-0.25, -0.2) is 0 Å². The molecule has 0 aliphatic rings. The number of rotatable bonds is 4. The summed E-state index contributed by atoms with van der Waals surface area (Å²) >= 11 is 0. The fraction of sp³-hybridized carbons (Fsp3) is 0.0256. The Morgan fingerprint density at radius 3 is 1.77 bits per heavy atom. The molecule has 208 valence electrons. The highest BCUT2D eigenvalue weighted by Crippen LogP contribution is 2.37. The van der Waals surface area contributed by atoms with E-state index in [0.29, 0.717) is 11.7 Å². The number of nitrogens with zero attached hydrogens (tertiary/aromatic N) is 4. The molecule has 0 radical (unpaired) electrons. The zero-order chi connectivity index (χ0) is 29.2. The summed E-state index contributed by atoms with van der Waals surface area (Å²) in [6.45, 7) is 2.16. The molecule has 0 aliphatic carbocycles. The van der Waals surface area contributed by atoms with Crippen LogP contribution in [0.4, 0.5) is 0 Å². The predicted octanol–water partition coefficient (Wildman–Crippen LogP) is 9.91. The molecule has 0 amide bonds. The third kappa shape index (κ3) is 3.73. The summed E-state index contributed by atoms with van der Waals surface area (Å²) < 4.78 is 10.3. The molecule has 0 aliphatic heterocycles. The predicted molar refractivity (Wildman–Crippen MR) is 179 cm³/mol. The quantitative estimate of drug-likeness (QED) is 0.213. The standard InChI is InChI=1S/C39H26N4O/c1-25-15-21-36-32(23-25)30-11-5-8-14-35(30)43(36)29-20-22-37-33(24-29)31-12-6-7-13-34(31)42(37)28-18-16-27(17-19-28)39-40-38(41-44-39)26-9-3-2-4-10-26/h2-24H,1H3. The van der Waals surface area contributed by atoms with Crippen LogP contribution in [0.5, 0.6) is 0 Å². The van der Waals surface area contributed by atoms with E-state index in [0.717, 1.165) is 33.5 Å². The van der Waals surface area contributed by atoms with Gasteiger partial charge in [-0.15, -0.1) is 0 Å². The van der Waals surface area contributed by atoms with Crippen molar-refractivity contribution in [3.63, 3.8) is 0 Å². The maximum atomic E-state index is 5.62. The molecule has 0 bridgehead atoms. The molecule has 6 aromatic carbocycles. The van der Waals surface area contributed by atoms with Crippen LogP contribution >= 0.6 is 0 Å². The number of fused-ring (bicyclic) bond motifs is 6. The second kappa shape index (κ2) is 9.54. The van der Waals surface area contributed by atoms with E-state index in [1.54, 1.807) is 0 Å². The van der Waals surface area contributed by atoms with Crippen LogP contribution in [-0.2, 0) is 0 Å². The van der Waals surface area contributed by atoms with Gasteiger partial charge in [-0.3, -0.25) is 0 Å². The van der Waals surface area contributed by atoms with Crippen molar-refractivity contribution in [2.45, 2.75) is 6.92 Å². The highest BCUT2D eigenvalue weighted by molar-refractivity contribution is 6.12. The van der Waals surface area contributed by atoms with Crippen molar-refractivity contribution >= 4 is 43.6 Å². The van der Waals surface area contributed by atoms with Crippen molar-refractivity contribution < 1.29 is 4.52 Å². The van der Waals surface area contributed by atoms with Crippen molar-refractivity contribution in [3.05, 3.63) is 145 Å². The molecule has 0 saturated carbocycles. The summed E-state index contributed by atoms with van der Waals surface area (Å²) in [6, 6.07) is 49.1. The van der Waals surface area contributed by atoms with Gasteiger partial charge in [0, 0.05) is 44.0 Å². The molecule has 0 atom stereocenters. The Balaban J connectivity index is 1.18. The lowest BCUT2D eigenvalue weighted by Crippen LogP contribution is -1.96. The first kappa shape index (κ1) is 24.6. The van der Waals surface area contributed by atoms with Gasteiger partial charge in [-0.05, 0) is 73.7 Å².